The Morgan fingerprint density at radius 2 is 1.83 bits per heavy atom. The number of hydrogen-bond donors (Lipinski definition) is 0. The smallest absolute Gasteiger partial charge is 0.281 e. The molecule has 29 heavy (non-hydrogen) atoms. The Labute approximate surface area is 172 Å². The largest absolute Gasteiger partial charge is 0.383 e. The van der Waals surface area contributed by atoms with Crippen molar-refractivity contribution >= 4 is 27.0 Å². The van der Waals surface area contributed by atoms with Gasteiger partial charge in [-0.2, -0.15) is 17.0 Å². The van der Waals surface area contributed by atoms with E-state index in [1.165, 1.54) is 28.1 Å². The summed E-state index contributed by atoms with van der Waals surface area (Å²) in [6.45, 7) is 2.94. The number of benzene rings is 1. The SMILES string of the molecule is COCCn1cc(CCC(=O)N2CCN(S(=O)(=O)N(C)C)CC2)c2ccccc21. The molecular weight excluding hydrogens is 392 g/mol. The number of aromatic nitrogens is 1. The summed E-state index contributed by atoms with van der Waals surface area (Å²) < 4.78 is 34.4. The Morgan fingerprint density at radius 3 is 2.48 bits per heavy atom. The first-order valence-electron chi connectivity index (χ1n) is 9.85. The lowest BCUT2D eigenvalue weighted by Gasteiger charge is -2.35. The first-order chi connectivity index (χ1) is 13.8. The summed E-state index contributed by atoms with van der Waals surface area (Å²) in [5, 5.41) is 1.17. The molecule has 1 saturated heterocycles. The molecular formula is C20H30N4O4S. The number of aryl methyl sites for hydroxylation is 1. The van der Waals surface area contributed by atoms with Gasteiger partial charge in [-0.15, -0.1) is 0 Å². The van der Waals surface area contributed by atoms with Crippen molar-refractivity contribution in [3.63, 3.8) is 0 Å². The monoisotopic (exact) mass is 422 g/mol. The van der Waals surface area contributed by atoms with E-state index in [0.717, 1.165) is 17.6 Å². The molecule has 9 heteroatoms. The highest BCUT2D eigenvalue weighted by atomic mass is 32.2. The van der Waals surface area contributed by atoms with Crippen LogP contribution in [0.3, 0.4) is 0 Å². The molecule has 0 radical (unpaired) electrons. The van der Waals surface area contributed by atoms with E-state index >= 15 is 0 Å². The summed E-state index contributed by atoms with van der Waals surface area (Å²) in [6.07, 6.45) is 3.19. The lowest BCUT2D eigenvalue weighted by Crippen LogP contribution is -2.53. The quantitative estimate of drug-likeness (QED) is 0.640. The van der Waals surface area contributed by atoms with Crippen molar-refractivity contribution in [1.29, 1.82) is 0 Å². The van der Waals surface area contributed by atoms with Crippen molar-refractivity contribution in [3.05, 3.63) is 36.0 Å². The predicted molar refractivity (Wildman–Crippen MR) is 113 cm³/mol. The summed E-state index contributed by atoms with van der Waals surface area (Å²) in [5.41, 5.74) is 2.30. The number of ether oxygens (including phenoxy) is 1. The van der Waals surface area contributed by atoms with E-state index in [0.29, 0.717) is 45.6 Å². The van der Waals surface area contributed by atoms with E-state index < -0.39 is 10.2 Å². The Kier molecular flexibility index (Phi) is 6.94. The number of fused-ring (bicyclic) bond motifs is 1. The van der Waals surface area contributed by atoms with Crippen molar-refractivity contribution in [2.75, 3.05) is 54.0 Å². The summed E-state index contributed by atoms with van der Waals surface area (Å²) in [5.74, 6) is 0.0700. The number of methoxy groups -OCH3 is 1. The molecule has 1 fully saturated rings. The minimum absolute atomic E-state index is 0.0700. The topological polar surface area (TPSA) is 75.1 Å². The molecule has 1 amide bonds. The van der Waals surface area contributed by atoms with Crippen LogP contribution in [-0.2, 0) is 32.7 Å². The third-order valence-electron chi connectivity index (χ3n) is 5.39. The fourth-order valence-corrected chi connectivity index (χ4v) is 4.78. The first kappa shape index (κ1) is 21.8. The van der Waals surface area contributed by atoms with Crippen LogP contribution in [0.25, 0.3) is 10.9 Å². The molecule has 2 heterocycles. The van der Waals surface area contributed by atoms with Crippen LogP contribution in [0.4, 0.5) is 0 Å². The van der Waals surface area contributed by atoms with Crippen LogP contribution in [0.2, 0.25) is 0 Å². The molecule has 0 aliphatic carbocycles. The lowest BCUT2D eigenvalue weighted by molar-refractivity contribution is -0.132. The Balaban J connectivity index is 1.60. The second-order valence-corrected chi connectivity index (χ2v) is 9.57. The normalized spacial score (nSPS) is 16.1. The minimum Gasteiger partial charge on any atom is -0.383 e. The summed E-state index contributed by atoms with van der Waals surface area (Å²) in [4.78, 5) is 14.5. The molecule has 0 N–H and O–H groups in total. The second kappa shape index (κ2) is 9.25. The Hall–Kier alpha value is -1.94. The van der Waals surface area contributed by atoms with Gasteiger partial charge in [0.1, 0.15) is 0 Å². The van der Waals surface area contributed by atoms with Gasteiger partial charge < -0.3 is 14.2 Å². The van der Waals surface area contributed by atoms with E-state index in [4.69, 9.17) is 4.74 Å². The van der Waals surface area contributed by atoms with Gasteiger partial charge in [0.2, 0.25) is 5.91 Å². The second-order valence-electron chi connectivity index (χ2n) is 7.43. The third-order valence-corrected chi connectivity index (χ3v) is 7.34. The molecule has 0 unspecified atom stereocenters. The molecule has 2 aromatic rings. The van der Waals surface area contributed by atoms with E-state index in [9.17, 15) is 13.2 Å². The fraction of sp³-hybridized carbons (Fsp3) is 0.550. The zero-order valence-corrected chi connectivity index (χ0v) is 18.2. The molecule has 1 aromatic heterocycles. The Bertz CT molecular complexity index is 947. The van der Waals surface area contributed by atoms with Crippen LogP contribution in [0, 0.1) is 0 Å². The van der Waals surface area contributed by atoms with E-state index in [2.05, 4.69) is 22.9 Å². The van der Waals surface area contributed by atoms with E-state index in [1.807, 2.05) is 12.1 Å². The number of nitrogens with zero attached hydrogens (tertiary/aromatic N) is 4. The average molecular weight is 423 g/mol. The number of rotatable bonds is 8. The molecule has 1 aromatic carbocycles. The number of para-hydroxylation sites is 1. The van der Waals surface area contributed by atoms with Gasteiger partial charge in [-0.1, -0.05) is 18.2 Å². The molecule has 8 nitrogen and oxygen atoms in total. The molecule has 0 saturated carbocycles. The van der Waals surface area contributed by atoms with Crippen LogP contribution in [-0.4, -0.2) is 86.4 Å². The van der Waals surface area contributed by atoms with Crippen molar-refractivity contribution in [2.24, 2.45) is 0 Å². The van der Waals surface area contributed by atoms with Crippen molar-refractivity contribution in [3.8, 4) is 0 Å². The van der Waals surface area contributed by atoms with Gasteiger partial charge in [0.15, 0.2) is 0 Å². The van der Waals surface area contributed by atoms with Gasteiger partial charge in [0.25, 0.3) is 10.2 Å². The van der Waals surface area contributed by atoms with Crippen molar-refractivity contribution < 1.29 is 17.9 Å². The van der Waals surface area contributed by atoms with Gasteiger partial charge >= 0.3 is 0 Å². The number of carbonyl (C=O) groups is 1. The van der Waals surface area contributed by atoms with Crippen molar-refractivity contribution in [2.45, 2.75) is 19.4 Å². The number of piperazine rings is 1. The highest BCUT2D eigenvalue weighted by Gasteiger charge is 2.30. The predicted octanol–water partition coefficient (Wildman–Crippen LogP) is 1.17. The number of amides is 1. The summed E-state index contributed by atoms with van der Waals surface area (Å²) in [7, 11) is 1.32. The highest BCUT2D eigenvalue weighted by Crippen LogP contribution is 2.23. The van der Waals surface area contributed by atoms with E-state index in [1.54, 1.807) is 12.0 Å². The Morgan fingerprint density at radius 1 is 1.14 bits per heavy atom. The summed E-state index contributed by atoms with van der Waals surface area (Å²) >= 11 is 0. The number of carbonyl (C=O) groups excluding carboxylic acids is 1. The van der Waals surface area contributed by atoms with Gasteiger partial charge in [-0.3, -0.25) is 4.79 Å². The molecule has 0 bridgehead atoms. The third kappa shape index (κ3) is 4.80. The molecule has 3 rings (SSSR count). The maximum atomic E-state index is 12.7. The van der Waals surface area contributed by atoms with Crippen LogP contribution >= 0.6 is 0 Å². The average Bonchev–Trinajstić information content (AvgIpc) is 3.08. The van der Waals surface area contributed by atoms with Gasteiger partial charge in [-0.05, 0) is 18.1 Å². The first-order valence-corrected chi connectivity index (χ1v) is 11.3. The zero-order chi connectivity index (χ0) is 21.0. The molecule has 0 spiro atoms. The standard InChI is InChI=1S/C20H30N4O4S/c1-21(2)29(26,27)24-12-10-22(11-13-24)20(25)9-8-17-16-23(14-15-28-3)19-7-5-4-6-18(17)19/h4-7,16H,8-15H2,1-3H3. The highest BCUT2D eigenvalue weighted by molar-refractivity contribution is 7.86. The zero-order valence-electron chi connectivity index (χ0n) is 17.4. The minimum atomic E-state index is -3.42. The molecule has 0 atom stereocenters. The maximum absolute atomic E-state index is 12.7. The van der Waals surface area contributed by atoms with Gasteiger partial charge in [0.05, 0.1) is 6.61 Å². The molecule has 160 valence electrons. The van der Waals surface area contributed by atoms with Crippen molar-refractivity contribution in [1.82, 2.24) is 18.1 Å². The van der Waals surface area contributed by atoms with E-state index in [-0.39, 0.29) is 5.91 Å². The van der Waals surface area contributed by atoms with Gasteiger partial charge in [-0.25, -0.2) is 0 Å². The van der Waals surface area contributed by atoms with Crippen LogP contribution < -0.4 is 0 Å². The maximum Gasteiger partial charge on any atom is 0.281 e. The molecule has 1 aliphatic rings. The van der Waals surface area contributed by atoms with Crippen LogP contribution in [0.15, 0.2) is 30.5 Å². The molecule has 1 aliphatic heterocycles. The van der Waals surface area contributed by atoms with Crippen LogP contribution in [0.5, 0.6) is 0 Å². The fourth-order valence-electron chi connectivity index (χ4n) is 3.70. The number of hydrogen-bond acceptors (Lipinski definition) is 4. The van der Waals surface area contributed by atoms with Crippen LogP contribution in [0.1, 0.15) is 12.0 Å². The summed E-state index contributed by atoms with van der Waals surface area (Å²) in [6, 6.07) is 8.20. The lowest BCUT2D eigenvalue weighted by atomic mass is 10.1. The van der Waals surface area contributed by atoms with Gasteiger partial charge in [0, 0.05) is 77.4 Å².